The lowest BCUT2D eigenvalue weighted by molar-refractivity contribution is -0.0137. The molecule has 3 nitrogen and oxygen atoms in total. The van der Waals surface area contributed by atoms with E-state index >= 15 is 0 Å². The highest BCUT2D eigenvalue weighted by Gasteiger charge is 2.26. The Morgan fingerprint density at radius 3 is 2.76 bits per heavy atom. The molecular formula is C14H28N2O. The van der Waals surface area contributed by atoms with E-state index in [9.17, 15) is 0 Å². The Morgan fingerprint density at radius 1 is 1.29 bits per heavy atom. The summed E-state index contributed by atoms with van der Waals surface area (Å²) < 4.78 is 5.63. The monoisotopic (exact) mass is 240 g/mol. The predicted molar refractivity (Wildman–Crippen MR) is 71.3 cm³/mol. The van der Waals surface area contributed by atoms with E-state index in [0.29, 0.717) is 12.1 Å². The number of nitrogens with zero attached hydrogens (tertiary/aromatic N) is 1. The molecule has 1 N–H and O–H groups in total. The molecular weight excluding hydrogens is 212 g/mol. The number of ether oxygens (including phenoxy) is 1. The Morgan fingerprint density at radius 2 is 2.06 bits per heavy atom. The summed E-state index contributed by atoms with van der Waals surface area (Å²) in [5, 5.41) is 3.55. The maximum absolute atomic E-state index is 5.63. The molecule has 1 atom stereocenters. The molecule has 0 aromatic heterocycles. The Labute approximate surface area is 106 Å². The van der Waals surface area contributed by atoms with Crippen molar-refractivity contribution in [2.45, 2.75) is 51.6 Å². The fraction of sp³-hybridized carbons (Fsp3) is 1.00. The van der Waals surface area contributed by atoms with Gasteiger partial charge in [-0.1, -0.05) is 26.7 Å². The molecule has 1 saturated heterocycles. The van der Waals surface area contributed by atoms with Crippen molar-refractivity contribution in [3.05, 3.63) is 0 Å². The van der Waals surface area contributed by atoms with Gasteiger partial charge in [0.15, 0.2) is 0 Å². The first-order valence-corrected chi connectivity index (χ1v) is 7.31. The minimum Gasteiger partial charge on any atom is -0.378 e. The molecule has 2 fully saturated rings. The van der Waals surface area contributed by atoms with Crippen LogP contribution in [0.3, 0.4) is 0 Å². The van der Waals surface area contributed by atoms with Crippen molar-refractivity contribution in [1.82, 2.24) is 10.2 Å². The Balaban J connectivity index is 1.78. The lowest BCUT2D eigenvalue weighted by Crippen LogP contribution is -2.52. The van der Waals surface area contributed by atoms with Crippen molar-refractivity contribution in [3.8, 4) is 0 Å². The van der Waals surface area contributed by atoms with Crippen LogP contribution in [0, 0.1) is 5.92 Å². The van der Waals surface area contributed by atoms with Crippen LogP contribution in [0.15, 0.2) is 0 Å². The van der Waals surface area contributed by atoms with E-state index < -0.39 is 0 Å². The molecule has 0 radical (unpaired) electrons. The first-order valence-electron chi connectivity index (χ1n) is 7.31. The van der Waals surface area contributed by atoms with Gasteiger partial charge in [-0.05, 0) is 18.8 Å². The number of hydrogen-bond acceptors (Lipinski definition) is 3. The smallest absolute Gasteiger partial charge is 0.0634 e. The zero-order valence-corrected chi connectivity index (χ0v) is 11.5. The lowest BCUT2D eigenvalue weighted by Gasteiger charge is -2.37. The highest BCUT2D eigenvalue weighted by molar-refractivity contribution is 4.81. The first-order chi connectivity index (χ1) is 8.25. The first kappa shape index (κ1) is 13.3. The molecule has 0 spiro atoms. The zero-order valence-electron chi connectivity index (χ0n) is 11.5. The molecule has 0 aromatic rings. The molecule has 1 heterocycles. The van der Waals surface area contributed by atoms with Gasteiger partial charge in [0.1, 0.15) is 0 Å². The Hall–Kier alpha value is -0.120. The van der Waals surface area contributed by atoms with Crippen LogP contribution in [-0.4, -0.2) is 49.8 Å². The molecule has 17 heavy (non-hydrogen) atoms. The molecule has 2 aliphatic rings. The normalized spacial score (nSPS) is 28.1. The van der Waals surface area contributed by atoms with Gasteiger partial charge in [0, 0.05) is 31.7 Å². The molecule has 0 bridgehead atoms. The van der Waals surface area contributed by atoms with Gasteiger partial charge >= 0.3 is 0 Å². The summed E-state index contributed by atoms with van der Waals surface area (Å²) in [5.41, 5.74) is 0. The van der Waals surface area contributed by atoms with Gasteiger partial charge in [-0.2, -0.15) is 0 Å². The standard InChI is InChI=1S/C14H28N2O/c1-12(2)15-9-14-11-17-8-7-16(14)10-13-5-3-4-6-13/h12-15H,3-11H2,1-2H3. The molecule has 1 aliphatic carbocycles. The molecule has 2 rings (SSSR count). The van der Waals surface area contributed by atoms with E-state index in [0.717, 1.165) is 32.2 Å². The van der Waals surface area contributed by atoms with Gasteiger partial charge in [0.05, 0.1) is 13.2 Å². The van der Waals surface area contributed by atoms with Crippen LogP contribution in [0.4, 0.5) is 0 Å². The highest BCUT2D eigenvalue weighted by atomic mass is 16.5. The van der Waals surface area contributed by atoms with Crippen LogP contribution in [0.1, 0.15) is 39.5 Å². The number of hydrogen-bond donors (Lipinski definition) is 1. The van der Waals surface area contributed by atoms with E-state index in [1.807, 2.05) is 0 Å². The van der Waals surface area contributed by atoms with E-state index in [1.165, 1.54) is 32.2 Å². The summed E-state index contributed by atoms with van der Waals surface area (Å²) in [4.78, 5) is 2.66. The summed E-state index contributed by atoms with van der Waals surface area (Å²) >= 11 is 0. The van der Waals surface area contributed by atoms with E-state index in [2.05, 4.69) is 24.1 Å². The fourth-order valence-electron chi connectivity index (χ4n) is 3.01. The molecule has 1 saturated carbocycles. The third kappa shape index (κ3) is 4.23. The average molecular weight is 240 g/mol. The Kier molecular flexibility index (Phi) is 5.26. The fourth-order valence-corrected chi connectivity index (χ4v) is 3.01. The van der Waals surface area contributed by atoms with Crippen LogP contribution in [-0.2, 0) is 4.74 Å². The second-order valence-corrected chi connectivity index (χ2v) is 5.94. The Bertz CT molecular complexity index is 214. The lowest BCUT2D eigenvalue weighted by atomic mass is 10.1. The van der Waals surface area contributed by atoms with Crippen molar-refractivity contribution >= 4 is 0 Å². The molecule has 100 valence electrons. The summed E-state index contributed by atoms with van der Waals surface area (Å²) in [6.45, 7) is 9.76. The summed E-state index contributed by atoms with van der Waals surface area (Å²) in [5.74, 6) is 0.953. The summed E-state index contributed by atoms with van der Waals surface area (Å²) in [6.07, 6.45) is 5.79. The van der Waals surface area contributed by atoms with Crippen molar-refractivity contribution in [1.29, 1.82) is 0 Å². The van der Waals surface area contributed by atoms with Crippen LogP contribution in [0.2, 0.25) is 0 Å². The van der Waals surface area contributed by atoms with Crippen LogP contribution in [0.25, 0.3) is 0 Å². The third-order valence-corrected chi connectivity index (χ3v) is 4.08. The minimum atomic E-state index is 0.574. The van der Waals surface area contributed by atoms with Crippen molar-refractivity contribution in [3.63, 3.8) is 0 Å². The second-order valence-electron chi connectivity index (χ2n) is 5.94. The van der Waals surface area contributed by atoms with E-state index in [-0.39, 0.29) is 0 Å². The number of rotatable bonds is 5. The molecule has 1 unspecified atom stereocenters. The van der Waals surface area contributed by atoms with Crippen LogP contribution in [0.5, 0.6) is 0 Å². The van der Waals surface area contributed by atoms with Gasteiger partial charge in [0.25, 0.3) is 0 Å². The summed E-state index contributed by atoms with van der Waals surface area (Å²) in [6, 6.07) is 1.16. The molecule has 1 aliphatic heterocycles. The van der Waals surface area contributed by atoms with Crippen molar-refractivity contribution < 1.29 is 4.74 Å². The topological polar surface area (TPSA) is 24.5 Å². The van der Waals surface area contributed by atoms with Crippen LogP contribution >= 0.6 is 0 Å². The molecule has 0 aromatic carbocycles. The average Bonchev–Trinajstić information content (AvgIpc) is 2.80. The minimum absolute atomic E-state index is 0.574. The van der Waals surface area contributed by atoms with Gasteiger partial charge in [-0.25, -0.2) is 0 Å². The van der Waals surface area contributed by atoms with Crippen LogP contribution < -0.4 is 5.32 Å². The second kappa shape index (κ2) is 6.72. The SMILES string of the molecule is CC(C)NCC1COCCN1CC1CCCC1. The molecule has 3 heteroatoms. The predicted octanol–water partition coefficient (Wildman–Crippen LogP) is 1.88. The maximum Gasteiger partial charge on any atom is 0.0634 e. The van der Waals surface area contributed by atoms with Gasteiger partial charge in [-0.15, -0.1) is 0 Å². The van der Waals surface area contributed by atoms with E-state index in [1.54, 1.807) is 0 Å². The number of morpholine rings is 1. The maximum atomic E-state index is 5.63. The van der Waals surface area contributed by atoms with Gasteiger partial charge in [0.2, 0.25) is 0 Å². The summed E-state index contributed by atoms with van der Waals surface area (Å²) in [7, 11) is 0. The van der Waals surface area contributed by atoms with Gasteiger partial charge in [-0.3, -0.25) is 4.90 Å². The van der Waals surface area contributed by atoms with Crippen molar-refractivity contribution in [2.24, 2.45) is 5.92 Å². The third-order valence-electron chi connectivity index (χ3n) is 4.08. The van der Waals surface area contributed by atoms with Crippen molar-refractivity contribution in [2.75, 3.05) is 32.8 Å². The highest BCUT2D eigenvalue weighted by Crippen LogP contribution is 2.26. The van der Waals surface area contributed by atoms with Gasteiger partial charge < -0.3 is 10.1 Å². The largest absolute Gasteiger partial charge is 0.378 e. The van der Waals surface area contributed by atoms with E-state index in [4.69, 9.17) is 4.74 Å². The number of nitrogens with one attached hydrogen (secondary N) is 1. The zero-order chi connectivity index (χ0) is 12.1. The molecule has 0 amide bonds. The quantitative estimate of drug-likeness (QED) is 0.794.